The molecule has 0 N–H and O–H groups in total. The van der Waals surface area contributed by atoms with Crippen molar-refractivity contribution in [3.8, 4) is 0 Å². The Kier molecular flexibility index (Phi) is 3.76. The van der Waals surface area contributed by atoms with Gasteiger partial charge in [0, 0.05) is 36.6 Å². The number of fused-ring (bicyclic) bond motifs is 1. The van der Waals surface area contributed by atoms with Gasteiger partial charge >= 0.3 is 0 Å². The lowest BCUT2D eigenvalue weighted by atomic mass is 9.90. The highest BCUT2D eigenvalue weighted by molar-refractivity contribution is 7.11. The maximum Gasteiger partial charge on any atom is 0.270 e. The molecular formula is C18H23N3OS. The number of hydrogen-bond acceptors (Lipinski definition) is 3. The molecule has 5 heteroatoms. The zero-order valence-corrected chi connectivity index (χ0v) is 14.6. The summed E-state index contributed by atoms with van der Waals surface area (Å²) in [5.41, 5.74) is 2.08. The van der Waals surface area contributed by atoms with Gasteiger partial charge in [0.25, 0.3) is 5.91 Å². The standard InChI is InChI=1S/C18H23N3OS/c1-12-19-17-13(5-3-7-16(17)23-12)11-20(2)18(22)15-6-4-10-21(15)14-8-9-14/h4,6,10,13-14H,3,5,7-9,11H2,1-2H3/t13-/m1/s1. The summed E-state index contributed by atoms with van der Waals surface area (Å²) < 4.78 is 2.15. The van der Waals surface area contributed by atoms with E-state index in [0.717, 1.165) is 30.1 Å². The van der Waals surface area contributed by atoms with E-state index in [0.29, 0.717) is 12.0 Å². The summed E-state index contributed by atoms with van der Waals surface area (Å²) in [6.07, 6.45) is 7.93. The van der Waals surface area contributed by atoms with Crippen LogP contribution in [0, 0.1) is 6.92 Å². The highest BCUT2D eigenvalue weighted by Gasteiger charge is 2.30. The van der Waals surface area contributed by atoms with Crippen LogP contribution in [0.25, 0.3) is 0 Å². The minimum absolute atomic E-state index is 0.140. The zero-order valence-electron chi connectivity index (χ0n) is 13.8. The Labute approximate surface area is 141 Å². The second kappa shape index (κ2) is 5.78. The molecule has 0 radical (unpaired) electrons. The van der Waals surface area contributed by atoms with Crippen LogP contribution >= 0.6 is 11.3 Å². The maximum absolute atomic E-state index is 12.8. The first-order chi connectivity index (χ1) is 11.1. The van der Waals surface area contributed by atoms with E-state index in [9.17, 15) is 4.79 Å². The molecule has 0 bridgehead atoms. The van der Waals surface area contributed by atoms with Crippen LogP contribution in [0.15, 0.2) is 18.3 Å². The van der Waals surface area contributed by atoms with Gasteiger partial charge in [-0.05, 0) is 51.2 Å². The molecule has 4 rings (SSSR count). The van der Waals surface area contributed by atoms with Crippen molar-refractivity contribution in [1.29, 1.82) is 0 Å². The molecule has 0 spiro atoms. The van der Waals surface area contributed by atoms with Crippen LogP contribution < -0.4 is 0 Å². The summed E-state index contributed by atoms with van der Waals surface area (Å²) >= 11 is 1.82. The molecule has 0 aliphatic heterocycles. The lowest BCUT2D eigenvalue weighted by Crippen LogP contribution is -2.33. The predicted octanol–water partition coefficient (Wildman–Crippen LogP) is 3.78. The number of thiazole rings is 1. The van der Waals surface area contributed by atoms with Gasteiger partial charge in [0.05, 0.1) is 10.7 Å². The molecule has 0 saturated heterocycles. The monoisotopic (exact) mass is 329 g/mol. The Balaban J connectivity index is 1.50. The van der Waals surface area contributed by atoms with E-state index in [-0.39, 0.29) is 5.91 Å². The van der Waals surface area contributed by atoms with E-state index in [1.807, 2.05) is 41.6 Å². The van der Waals surface area contributed by atoms with Gasteiger partial charge in [-0.3, -0.25) is 4.79 Å². The van der Waals surface area contributed by atoms with Gasteiger partial charge in [-0.1, -0.05) is 0 Å². The van der Waals surface area contributed by atoms with Gasteiger partial charge in [-0.25, -0.2) is 4.98 Å². The number of carbonyl (C=O) groups excluding carboxylic acids is 1. The van der Waals surface area contributed by atoms with Crippen molar-refractivity contribution in [2.75, 3.05) is 13.6 Å². The van der Waals surface area contributed by atoms with E-state index < -0.39 is 0 Å². The summed E-state index contributed by atoms with van der Waals surface area (Å²) in [6, 6.07) is 4.48. The van der Waals surface area contributed by atoms with Crippen LogP contribution in [0.4, 0.5) is 0 Å². The van der Waals surface area contributed by atoms with Crippen LogP contribution in [0.2, 0.25) is 0 Å². The quantitative estimate of drug-likeness (QED) is 0.856. The normalized spacial score (nSPS) is 20.3. The molecule has 2 heterocycles. The van der Waals surface area contributed by atoms with Crippen molar-refractivity contribution in [1.82, 2.24) is 14.5 Å². The molecule has 0 unspecified atom stereocenters. The van der Waals surface area contributed by atoms with Gasteiger partial charge in [0.1, 0.15) is 5.69 Å². The van der Waals surface area contributed by atoms with Crippen LogP contribution in [0.5, 0.6) is 0 Å². The van der Waals surface area contributed by atoms with Crippen LogP contribution in [0.3, 0.4) is 0 Å². The molecular weight excluding hydrogens is 306 g/mol. The van der Waals surface area contributed by atoms with Gasteiger partial charge in [0.15, 0.2) is 0 Å². The van der Waals surface area contributed by atoms with Crippen molar-refractivity contribution in [2.45, 2.75) is 51.0 Å². The number of aryl methyl sites for hydroxylation is 2. The summed E-state index contributed by atoms with van der Waals surface area (Å²) in [4.78, 5) is 20.9. The van der Waals surface area contributed by atoms with Gasteiger partial charge < -0.3 is 9.47 Å². The van der Waals surface area contributed by atoms with E-state index in [1.165, 1.54) is 29.8 Å². The Morgan fingerprint density at radius 2 is 2.26 bits per heavy atom. The van der Waals surface area contributed by atoms with E-state index >= 15 is 0 Å². The molecule has 2 aliphatic rings. The second-order valence-corrected chi connectivity index (χ2v) is 8.14. The molecule has 1 atom stereocenters. The average molecular weight is 329 g/mol. The first-order valence-electron chi connectivity index (χ1n) is 8.52. The summed E-state index contributed by atoms with van der Waals surface area (Å²) in [6.45, 7) is 2.85. The largest absolute Gasteiger partial charge is 0.340 e. The molecule has 2 aromatic rings. The number of hydrogen-bond donors (Lipinski definition) is 0. The molecule has 1 fully saturated rings. The fourth-order valence-electron chi connectivity index (χ4n) is 3.66. The van der Waals surface area contributed by atoms with Gasteiger partial charge in [-0.2, -0.15) is 0 Å². The Morgan fingerprint density at radius 3 is 3.04 bits per heavy atom. The predicted molar refractivity (Wildman–Crippen MR) is 92.2 cm³/mol. The van der Waals surface area contributed by atoms with Crippen molar-refractivity contribution in [3.63, 3.8) is 0 Å². The first-order valence-corrected chi connectivity index (χ1v) is 9.33. The van der Waals surface area contributed by atoms with Crippen molar-refractivity contribution >= 4 is 17.2 Å². The smallest absolute Gasteiger partial charge is 0.270 e. The second-order valence-electron chi connectivity index (χ2n) is 6.85. The van der Waals surface area contributed by atoms with Crippen LogP contribution in [-0.4, -0.2) is 34.0 Å². The number of rotatable bonds is 4. The number of nitrogens with zero attached hydrogens (tertiary/aromatic N) is 3. The first kappa shape index (κ1) is 14.9. The fraction of sp³-hybridized carbons (Fsp3) is 0.556. The molecule has 23 heavy (non-hydrogen) atoms. The molecule has 1 saturated carbocycles. The fourth-order valence-corrected chi connectivity index (χ4v) is 4.73. The maximum atomic E-state index is 12.8. The van der Waals surface area contributed by atoms with Crippen LogP contribution in [0.1, 0.15) is 63.7 Å². The zero-order chi connectivity index (χ0) is 16.0. The van der Waals surface area contributed by atoms with Crippen molar-refractivity contribution in [3.05, 3.63) is 39.6 Å². The van der Waals surface area contributed by atoms with Gasteiger partial charge in [0.2, 0.25) is 0 Å². The third-order valence-corrected chi connectivity index (χ3v) is 6.00. The third-order valence-electron chi connectivity index (χ3n) is 4.96. The van der Waals surface area contributed by atoms with E-state index in [1.54, 1.807) is 0 Å². The third kappa shape index (κ3) is 2.82. The topological polar surface area (TPSA) is 38.1 Å². The summed E-state index contributed by atoms with van der Waals surface area (Å²) in [7, 11) is 1.93. The van der Waals surface area contributed by atoms with Crippen molar-refractivity contribution < 1.29 is 4.79 Å². The lowest BCUT2D eigenvalue weighted by Gasteiger charge is -2.27. The van der Waals surface area contributed by atoms with Crippen molar-refractivity contribution in [2.24, 2.45) is 0 Å². The highest BCUT2D eigenvalue weighted by Crippen LogP contribution is 2.37. The number of likely N-dealkylation sites (N-methyl/N-ethyl adjacent to an activating group) is 1. The minimum Gasteiger partial charge on any atom is -0.340 e. The number of aromatic nitrogens is 2. The van der Waals surface area contributed by atoms with Gasteiger partial charge in [-0.15, -0.1) is 11.3 Å². The molecule has 0 aromatic carbocycles. The Bertz CT molecular complexity index is 728. The summed E-state index contributed by atoms with van der Waals surface area (Å²) in [5.74, 6) is 0.531. The van der Waals surface area contributed by atoms with E-state index in [2.05, 4.69) is 11.5 Å². The Hall–Kier alpha value is -1.62. The molecule has 1 amide bonds. The molecule has 4 nitrogen and oxygen atoms in total. The summed E-state index contributed by atoms with van der Waals surface area (Å²) in [5, 5.41) is 1.15. The minimum atomic E-state index is 0.140. The van der Waals surface area contributed by atoms with Crippen LogP contribution in [-0.2, 0) is 6.42 Å². The molecule has 122 valence electrons. The molecule has 2 aromatic heterocycles. The number of amides is 1. The Morgan fingerprint density at radius 1 is 1.43 bits per heavy atom. The average Bonchev–Trinajstić information content (AvgIpc) is 3.12. The lowest BCUT2D eigenvalue weighted by molar-refractivity contribution is 0.0772. The molecule has 2 aliphatic carbocycles. The SMILES string of the molecule is Cc1nc2c(s1)CCC[C@@H]2CN(C)C(=O)c1cccn1C1CC1. The highest BCUT2D eigenvalue weighted by atomic mass is 32.1. The van der Waals surface area contributed by atoms with E-state index in [4.69, 9.17) is 4.98 Å². The number of carbonyl (C=O) groups is 1.